The molecule has 4 bridgehead atoms. The maximum Gasteiger partial charge on any atom is 0.260 e. The van der Waals surface area contributed by atoms with Crippen molar-refractivity contribution >= 4 is 58.2 Å². The zero-order valence-corrected chi connectivity index (χ0v) is 17.1. The number of halogens is 4. The summed E-state index contributed by atoms with van der Waals surface area (Å²) in [6, 6.07) is 0. The fourth-order valence-corrected chi connectivity index (χ4v) is 7.64. The maximum absolute atomic E-state index is 12.9. The van der Waals surface area contributed by atoms with Crippen molar-refractivity contribution in [1.82, 2.24) is 5.06 Å². The van der Waals surface area contributed by atoms with Crippen molar-refractivity contribution in [2.24, 2.45) is 23.7 Å². The van der Waals surface area contributed by atoms with E-state index in [0.29, 0.717) is 22.9 Å². The Kier molecular flexibility index (Phi) is 3.68. The molecule has 142 valence electrons. The van der Waals surface area contributed by atoms with E-state index in [9.17, 15) is 9.59 Å². The molecule has 5 aliphatic rings. The van der Waals surface area contributed by atoms with Crippen LogP contribution in [0.1, 0.15) is 26.7 Å². The van der Waals surface area contributed by atoms with Gasteiger partial charge >= 0.3 is 0 Å². The number of fused-ring (bicyclic) bond motifs is 12. The van der Waals surface area contributed by atoms with Crippen LogP contribution < -0.4 is 0 Å². The van der Waals surface area contributed by atoms with Gasteiger partial charge in [0.2, 0.25) is 0 Å². The first-order valence-electron chi connectivity index (χ1n) is 8.81. The predicted octanol–water partition coefficient (Wildman–Crippen LogP) is 3.39. The van der Waals surface area contributed by atoms with Gasteiger partial charge in [0, 0.05) is 11.8 Å². The van der Waals surface area contributed by atoms with Gasteiger partial charge in [-0.3, -0.25) is 14.4 Å². The lowest BCUT2D eigenvalue weighted by Gasteiger charge is -2.40. The summed E-state index contributed by atoms with van der Waals surface area (Å²) in [5, 5.41) is 1.61. The number of rotatable bonds is 3. The van der Waals surface area contributed by atoms with Gasteiger partial charge in [0.25, 0.3) is 11.8 Å². The molecular weight excluding hydrogens is 424 g/mol. The molecule has 9 atom stereocenters. The van der Waals surface area contributed by atoms with Crippen LogP contribution in [0.5, 0.6) is 0 Å². The fourth-order valence-electron chi connectivity index (χ4n) is 5.62. The summed E-state index contributed by atoms with van der Waals surface area (Å²) in [6.45, 7) is 3.75. The molecule has 0 unspecified atom stereocenters. The quantitative estimate of drug-likeness (QED) is 0.498. The second-order valence-electron chi connectivity index (χ2n) is 7.99. The van der Waals surface area contributed by atoms with Crippen molar-refractivity contribution in [3.05, 3.63) is 10.1 Å². The number of hydrogen-bond acceptors (Lipinski definition) is 4. The zero-order valence-electron chi connectivity index (χ0n) is 14.0. The predicted molar refractivity (Wildman–Crippen MR) is 95.8 cm³/mol. The summed E-state index contributed by atoms with van der Waals surface area (Å²) < 4.78 is 6.10. The summed E-state index contributed by atoms with van der Waals surface area (Å²) in [4.78, 5) is 29.5. The Labute approximate surface area is 170 Å². The molecule has 9 heteroatoms. The van der Waals surface area contributed by atoms with E-state index in [2.05, 4.69) is 0 Å². The van der Waals surface area contributed by atoms with Gasteiger partial charge in [0.1, 0.15) is 0 Å². The van der Waals surface area contributed by atoms with Crippen LogP contribution in [-0.4, -0.2) is 44.9 Å². The number of allylic oxidation sites excluding steroid dienone is 2. The number of ether oxygens (including phenoxy) is 1. The molecule has 0 spiro atoms. The topological polar surface area (TPSA) is 55.8 Å². The molecule has 4 fully saturated rings. The van der Waals surface area contributed by atoms with Gasteiger partial charge in [-0.15, -0.1) is 23.2 Å². The van der Waals surface area contributed by atoms with Crippen LogP contribution in [0.4, 0.5) is 0 Å². The molecule has 0 aromatic heterocycles. The first kappa shape index (κ1) is 18.0. The maximum atomic E-state index is 12.9. The van der Waals surface area contributed by atoms with E-state index in [-0.39, 0.29) is 29.8 Å². The van der Waals surface area contributed by atoms with E-state index in [0.717, 1.165) is 5.06 Å². The molecule has 0 N–H and O–H groups in total. The van der Waals surface area contributed by atoms with Crippen molar-refractivity contribution in [1.29, 1.82) is 0 Å². The van der Waals surface area contributed by atoms with E-state index in [4.69, 9.17) is 56.0 Å². The van der Waals surface area contributed by atoms with E-state index in [1.54, 1.807) is 0 Å². The second kappa shape index (κ2) is 5.31. The van der Waals surface area contributed by atoms with Crippen molar-refractivity contribution in [3.8, 4) is 0 Å². The largest absolute Gasteiger partial charge is 0.373 e. The number of nitrogens with zero attached hydrogens (tertiary/aromatic N) is 1. The first-order chi connectivity index (χ1) is 12.2. The van der Waals surface area contributed by atoms with Crippen molar-refractivity contribution in [3.63, 3.8) is 0 Å². The van der Waals surface area contributed by atoms with E-state index in [1.165, 1.54) is 0 Å². The van der Waals surface area contributed by atoms with E-state index < -0.39 is 33.8 Å². The van der Waals surface area contributed by atoms with E-state index in [1.807, 2.05) is 13.8 Å². The highest BCUT2D eigenvalue weighted by Crippen LogP contribution is 2.75. The Hall–Kier alpha value is -0.0400. The van der Waals surface area contributed by atoms with Crippen LogP contribution in [0.15, 0.2) is 10.1 Å². The lowest BCUT2D eigenvalue weighted by Crippen LogP contribution is -2.50. The Morgan fingerprint density at radius 1 is 1.12 bits per heavy atom. The minimum absolute atomic E-state index is 0.236. The first-order valence-corrected chi connectivity index (χ1v) is 10.3. The lowest BCUT2D eigenvalue weighted by atomic mass is 9.65. The van der Waals surface area contributed by atoms with Crippen LogP contribution in [0.3, 0.4) is 0 Å². The molecule has 0 aromatic carbocycles. The normalized spacial score (nSPS) is 52.3. The van der Waals surface area contributed by atoms with Gasteiger partial charge in [-0.05, 0) is 19.8 Å². The number of alkyl halides is 2. The molecule has 0 radical (unpaired) electrons. The molecule has 3 heterocycles. The summed E-state index contributed by atoms with van der Waals surface area (Å²) in [7, 11) is 0. The molecule has 5 nitrogen and oxygen atoms in total. The minimum Gasteiger partial charge on any atom is -0.373 e. The summed E-state index contributed by atoms with van der Waals surface area (Å²) in [5.41, 5.74) is 0. The Bertz CT molecular complexity index is 720. The third kappa shape index (κ3) is 1.79. The number of carbonyl (C=O) groups excluding carboxylic acids is 2. The second-order valence-corrected chi connectivity index (χ2v) is 10.1. The summed E-state index contributed by atoms with van der Waals surface area (Å²) in [5.74, 6) is -2.41. The molecule has 3 aliphatic heterocycles. The Morgan fingerprint density at radius 3 is 2.00 bits per heavy atom. The lowest BCUT2D eigenvalue weighted by molar-refractivity contribution is -0.205. The van der Waals surface area contributed by atoms with Crippen LogP contribution in [0.2, 0.25) is 0 Å². The fraction of sp³-hybridized carbons (Fsp3) is 0.765. The molecule has 2 aliphatic carbocycles. The molecular formula is C17H17Cl4NO4. The van der Waals surface area contributed by atoms with Crippen LogP contribution in [0.25, 0.3) is 0 Å². The number of imide groups is 1. The number of carbonyl (C=O) groups is 2. The highest BCUT2D eigenvalue weighted by Gasteiger charge is 2.82. The standard InChI is InChI=1S/C17H17Cl4NO4/c1-3-5(2)26-22-14(23)6-7(15(22)24)11-9-8(10(6)25-11)16(20)4-17(9,21)13(19)12(16)18/h5-11H,3-4H2,1-2H3/t5-,6-,7+,8+,9-,10+,11-,16-,17-/m0/s1. The van der Waals surface area contributed by atoms with Gasteiger partial charge in [-0.25, -0.2) is 0 Å². The minimum atomic E-state index is -0.941. The zero-order chi connectivity index (χ0) is 18.8. The smallest absolute Gasteiger partial charge is 0.260 e. The average Bonchev–Trinajstić information content (AvgIpc) is 3.32. The highest BCUT2D eigenvalue weighted by molar-refractivity contribution is 6.51. The number of amides is 2. The van der Waals surface area contributed by atoms with Gasteiger partial charge in [-0.1, -0.05) is 30.1 Å². The third-order valence-electron chi connectivity index (χ3n) is 6.83. The van der Waals surface area contributed by atoms with Crippen LogP contribution >= 0.6 is 46.4 Å². The van der Waals surface area contributed by atoms with Gasteiger partial charge < -0.3 is 4.74 Å². The molecule has 26 heavy (non-hydrogen) atoms. The van der Waals surface area contributed by atoms with Crippen LogP contribution in [-0.2, 0) is 19.2 Å². The number of hydroxylamine groups is 2. The molecule has 1 saturated carbocycles. The van der Waals surface area contributed by atoms with Gasteiger partial charge in [0.15, 0.2) is 0 Å². The van der Waals surface area contributed by atoms with Gasteiger partial charge in [0.05, 0.1) is 50.0 Å². The van der Waals surface area contributed by atoms with Gasteiger partial charge in [-0.2, -0.15) is 5.06 Å². The Morgan fingerprint density at radius 2 is 1.58 bits per heavy atom. The van der Waals surface area contributed by atoms with Crippen molar-refractivity contribution in [2.75, 3.05) is 0 Å². The summed E-state index contributed by atoms with van der Waals surface area (Å²) in [6.07, 6.45) is -0.171. The SMILES string of the molecule is CC[C@H](C)ON1C(=O)[C@@H]2[C@H]3O[C@@H]([C@@H]2C1=O)[C@@H]1[C@H]3[C@@]2(Cl)C[C@@]1(Cl)C(Cl)=C2Cl. The van der Waals surface area contributed by atoms with Crippen molar-refractivity contribution < 1.29 is 19.2 Å². The van der Waals surface area contributed by atoms with Crippen molar-refractivity contribution in [2.45, 2.75) is 54.7 Å². The molecule has 2 amide bonds. The molecule has 5 rings (SSSR count). The van der Waals surface area contributed by atoms with E-state index >= 15 is 0 Å². The highest BCUT2D eigenvalue weighted by atomic mass is 35.5. The molecule has 3 saturated heterocycles. The Balaban J connectivity index is 1.54. The van der Waals surface area contributed by atoms with Crippen LogP contribution in [0, 0.1) is 23.7 Å². The monoisotopic (exact) mass is 439 g/mol. The third-order valence-corrected chi connectivity index (χ3v) is 9.32. The molecule has 0 aromatic rings. The average molecular weight is 441 g/mol. The number of hydrogen-bond donors (Lipinski definition) is 0. The summed E-state index contributed by atoms with van der Waals surface area (Å²) >= 11 is 26.5.